The van der Waals surface area contributed by atoms with Gasteiger partial charge >= 0.3 is 19.8 Å². The molecule has 1 saturated carbocycles. The fraction of sp³-hybridized carbons (Fsp3) is 0.963. The van der Waals surface area contributed by atoms with Crippen molar-refractivity contribution >= 4 is 19.8 Å². The molecule has 1 aliphatic rings. The number of aliphatic hydroxyl groups excluding tert-OH is 5. The first-order valence-electron chi connectivity index (χ1n) is 28.3. The molecule has 0 heterocycles. The van der Waals surface area contributed by atoms with E-state index < -0.39 is 75.7 Å². The van der Waals surface area contributed by atoms with E-state index in [0.29, 0.717) is 12.8 Å². The molecule has 0 spiro atoms. The van der Waals surface area contributed by atoms with Crippen molar-refractivity contribution in [2.24, 2.45) is 0 Å². The van der Waals surface area contributed by atoms with E-state index in [4.69, 9.17) is 18.5 Å². The van der Waals surface area contributed by atoms with Gasteiger partial charge in [0.15, 0.2) is 6.10 Å². The summed E-state index contributed by atoms with van der Waals surface area (Å²) in [5.41, 5.74) is 0. The Labute approximate surface area is 414 Å². The summed E-state index contributed by atoms with van der Waals surface area (Å²) in [6.07, 6.45) is 35.8. The molecule has 404 valence electrons. The standard InChI is InChI=1S/C54H105O13P/c1-3-5-7-9-11-13-15-17-19-21-22-23-24-25-26-27-29-30-32-34-36-38-40-42-47(55)64-44-46(45-65-68(62,63)67-54-52(60)50(58)49(57)51(59)53(54)61)66-48(56)43-41-39-37-35-33-31-28-20-18-16-14-12-10-8-6-4-2/h46,49-54,57-61H,3-45H2,1-2H3,(H,62,63)/t46-,49?,50-,51?,52?,53?,54?/m0/s1. The zero-order chi connectivity index (χ0) is 49.9. The van der Waals surface area contributed by atoms with Crippen LogP contribution in [0.5, 0.6) is 0 Å². The van der Waals surface area contributed by atoms with Crippen molar-refractivity contribution in [2.45, 2.75) is 320 Å². The zero-order valence-corrected chi connectivity index (χ0v) is 44.3. The van der Waals surface area contributed by atoms with Crippen LogP contribution in [0.1, 0.15) is 277 Å². The Kier molecular flexibility index (Phi) is 42.5. The lowest BCUT2D eigenvalue weighted by Gasteiger charge is -2.41. The van der Waals surface area contributed by atoms with Crippen molar-refractivity contribution in [2.75, 3.05) is 13.2 Å². The molecule has 1 rings (SSSR count). The van der Waals surface area contributed by atoms with Gasteiger partial charge in [-0.25, -0.2) is 4.57 Å². The van der Waals surface area contributed by atoms with Gasteiger partial charge in [0.1, 0.15) is 43.2 Å². The molecule has 0 amide bonds. The minimum atomic E-state index is -5.12. The highest BCUT2D eigenvalue weighted by molar-refractivity contribution is 7.47. The van der Waals surface area contributed by atoms with Crippen molar-refractivity contribution in [3.63, 3.8) is 0 Å². The largest absolute Gasteiger partial charge is 0.472 e. The molecule has 0 aromatic carbocycles. The van der Waals surface area contributed by atoms with Crippen molar-refractivity contribution in [3.05, 3.63) is 0 Å². The van der Waals surface area contributed by atoms with Gasteiger partial charge in [-0.3, -0.25) is 18.6 Å². The lowest BCUT2D eigenvalue weighted by atomic mass is 9.85. The van der Waals surface area contributed by atoms with E-state index in [2.05, 4.69) is 13.8 Å². The fourth-order valence-electron chi connectivity index (χ4n) is 9.17. The average molecular weight is 993 g/mol. The Morgan fingerprint density at radius 2 is 0.662 bits per heavy atom. The maximum atomic E-state index is 12.9. The number of phosphoric acid groups is 1. The highest BCUT2D eigenvalue weighted by Crippen LogP contribution is 2.47. The number of rotatable bonds is 49. The maximum absolute atomic E-state index is 12.9. The van der Waals surface area contributed by atoms with Gasteiger partial charge in [-0.1, -0.05) is 251 Å². The summed E-state index contributed by atoms with van der Waals surface area (Å²) in [5, 5.41) is 50.3. The Balaban J connectivity index is 2.30. The van der Waals surface area contributed by atoms with Crippen molar-refractivity contribution in [1.29, 1.82) is 0 Å². The molecular formula is C54H105O13P. The van der Waals surface area contributed by atoms with Crippen LogP contribution in [0, 0.1) is 0 Å². The number of ether oxygens (including phenoxy) is 2. The van der Waals surface area contributed by atoms with Gasteiger partial charge in [0.25, 0.3) is 0 Å². The van der Waals surface area contributed by atoms with Gasteiger partial charge in [0.2, 0.25) is 0 Å². The highest BCUT2D eigenvalue weighted by atomic mass is 31.2. The van der Waals surface area contributed by atoms with Crippen LogP contribution in [-0.4, -0.2) is 98.3 Å². The second kappa shape index (κ2) is 44.5. The molecule has 0 saturated heterocycles. The minimum absolute atomic E-state index is 0.105. The van der Waals surface area contributed by atoms with E-state index in [1.807, 2.05) is 0 Å². The van der Waals surface area contributed by atoms with Crippen LogP contribution in [0.15, 0.2) is 0 Å². The van der Waals surface area contributed by atoms with Gasteiger partial charge in [0, 0.05) is 12.8 Å². The number of hydrogen-bond donors (Lipinski definition) is 6. The molecule has 8 atom stereocenters. The van der Waals surface area contributed by atoms with Crippen molar-refractivity contribution in [3.8, 4) is 0 Å². The van der Waals surface area contributed by atoms with Crippen LogP contribution in [-0.2, 0) is 32.7 Å². The predicted octanol–water partition coefficient (Wildman–Crippen LogP) is 12.8. The summed E-state index contributed by atoms with van der Waals surface area (Å²) in [4.78, 5) is 35.9. The molecule has 6 unspecified atom stereocenters. The summed E-state index contributed by atoms with van der Waals surface area (Å²) >= 11 is 0. The van der Waals surface area contributed by atoms with E-state index >= 15 is 0 Å². The van der Waals surface area contributed by atoms with Crippen LogP contribution in [0.3, 0.4) is 0 Å². The van der Waals surface area contributed by atoms with E-state index in [-0.39, 0.29) is 12.8 Å². The van der Waals surface area contributed by atoms with Crippen LogP contribution in [0.4, 0.5) is 0 Å². The lowest BCUT2D eigenvalue weighted by Crippen LogP contribution is -2.64. The number of unbranched alkanes of at least 4 members (excludes halogenated alkanes) is 37. The number of hydrogen-bond acceptors (Lipinski definition) is 12. The van der Waals surface area contributed by atoms with Crippen molar-refractivity contribution < 1.29 is 63.1 Å². The second-order valence-electron chi connectivity index (χ2n) is 20.2. The Morgan fingerprint density at radius 3 is 0.971 bits per heavy atom. The first-order valence-corrected chi connectivity index (χ1v) is 29.8. The average Bonchev–Trinajstić information content (AvgIpc) is 3.32. The van der Waals surface area contributed by atoms with E-state index in [0.717, 1.165) is 38.5 Å². The monoisotopic (exact) mass is 993 g/mol. The molecule has 14 heteroatoms. The van der Waals surface area contributed by atoms with E-state index in [9.17, 15) is 44.6 Å². The molecule has 1 fully saturated rings. The molecule has 68 heavy (non-hydrogen) atoms. The van der Waals surface area contributed by atoms with Gasteiger partial charge in [-0.05, 0) is 12.8 Å². The third-order valence-electron chi connectivity index (χ3n) is 13.7. The Hall–Kier alpha value is -1.15. The normalized spacial score (nSPS) is 20.9. The van der Waals surface area contributed by atoms with Crippen LogP contribution < -0.4 is 0 Å². The summed E-state index contributed by atoms with van der Waals surface area (Å²) in [5.74, 6) is -1.08. The number of carbonyl (C=O) groups is 2. The molecular weight excluding hydrogens is 888 g/mol. The summed E-state index contributed by atoms with van der Waals surface area (Å²) in [6.45, 7) is 3.37. The third-order valence-corrected chi connectivity index (χ3v) is 14.7. The quantitative estimate of drug-likeness (QED) is 0.0191. The third kappa shape index (κ3) is 35.9. The molecule has 6 N–H and O–H groups in total. The van der Waals surface area contributed by atoms with Crippen LogP contribution in [0.25, 0.3) is 0 Å². The number of carbonyl (C=O) groups excluding carboxylic acids is 2. The Bertz CT molecular complexity index is 1190. The van der Waals surface area contributed by atoms with E-state index in [1.54, 1.807) is 0 Å². The van der Waals surface area contributed by atoms with Crippen LogP contribution >= 0.6 is 7.82 Å². The first-order chi connectivity index (χ1) is 32.9. The zero-order valence-electron chi connectivity index (χ0n) is 43.4. The minimum Gasteiger partial charge on any atom is -0.462 e. The van der Waals surface area contributed by atoms with Gasteiger partial charge < -0.3 is 39.9 Å². The number of phosphoric ester groups is 1. The van der Waals surface area contributed by atoms with Crippen LogP contribution in [0.2, 0.25) is 0 Å². The summed E-state index contributed by atoms with van der Waals surface area (Å²) in [6, 6.07) is 0. The van der Waals surface area contributed by atoms with Gasteiger partial charge in [-0.2, -0.15) is 0 Å². The molecule has 0 bridgehead atoms. The summed E-state index contributed by atoms with van der Waals surface area (Å²) < 4.78 is 33.7. The topological polar surface area (TPSA) is 210 Å². The predicted molar refractivity (Wildman–Crippen MR) is 272 cm³/mol. The molecule has 0 aromatic rings. The number of aliphatic hydroxyl groups is 5. The first kappa shape index (κ1) is 64.9. The second-order valence-corrected chi connectivity index (χ2v) is 21.6. The smallest absolute Gasteiger partial charge is 0.462 e. The number of esters is 2. The molecule has 0 radical (unpaired) electrons. The van der Waals surface area contributed by atoms with Gasteiger partial charge in [0.05, 0.1) is 6.61 Å². The van der Waals surface area contributed by atoms with Crippen molar-refractivity contribution in [1.82, 2.24) is 0 Å². The molecule has 13 nitrogen and oxygen atoms in total. The lowest BCUT2D eigenvalue weighted by molar-refractivity contribution is -0.220. The van der Waals surface area contributed by atoms with Gasteiger partial charge in [-0.15, -0.1) is 0 Å². The van der Waals surface area contributed by atoms with E-state index in [1.165, 1.54) is 199 Å². The highest BCUT2D eigenvalue weighted by Gasteiger charge is 2.51. The summed E-state index contributed by atoms with van der Waals surface area (Å²) in [7, 11) is -5.12. The molecule has 0 aromatic heterocycles. The molecule has 1 aliphatic carbocycles. The Morgan fingerprint density at radius 1 is 0.397 bits per heavy atom. The molecule has 0 aliphatic heterocycles. The maximum Gasteiger partial charge on any atom is 0.472 e. The SMILES string of the molecule is CCCCCCCCCCCCCCCCCCCCCCCCCC(=O)OC[C@@H](COP(=O)(O)OC1C(O)C(O)C(O)[C@H](O)C1O)OC(=O)CCCCCCCCCCCCCCCCCC. The fourth-order valence-corrected chi connectivity index (χ4v) is 10.1.